The summed E-state index contributed by atoms with van der Waals surface area (Å²) in [7, 11) is 0. The van der Waals surface area contributed by atoms with Crippen molar-refractivity contribution in [3.63, 3.8) is 0 Å². The third-order valence-electron chi connectivity index (χ3n) is 3.89. The second kappa shape index (κ2) is 5.91. The van der Waals surface area contributed by atoms with Gasteiger partial charge in [0.25, 0.3) is 5.82 Å². The minimum Gasteiger partial charge on any atom is -0.459 e. The maximum absolute atomic E-state index is 12.0. The number of benzene rings is 1. The van der Waals surface area contributed by atoms with Crippen LogP contribution in [0.3, 0.4) is 0 Å². The fourth-order valence-corrected chi connectivity index (χ4v) is 2.42. The number of hydrogen-bond acceptors (Lipinski definition) is 4. The SMILES string of the molecule is Cc1nc(C(=O)OCC2CC2)nn1-c1ccccc1C(C)C. The van der Waals surface area contributed by atoms with Gasteiger partial charge in [-0.2, -0.15) is 0 Å². The molecule has 1 aromatic heterocycles. The lowest BCUT2D eigenvalue weighted by Crippen LogP contribution is -2.10. The zero-order valence-corrected chi connectivity index (χ0v) is 13.2. The van der Waals surface area contributed by atoms with Gasteiger partial charge in [-0.25, -0.2) is 14.5 Å². The number of hydrogen-bond donors (Lipinski definition) is 0. The van der Waals surface area contributed by atoms with Gasteiger partial charge in [-0.15, -0.1) is 5.10 Å². The van der Waals surface area contributed by atoms with E-state index in [0.717, 1.165) is 18.5 Å². The molecule has 116 valence electrons. The number of carbonyl (C=O) groups excluding carboxylic acids is 1. The van der Waals surface area contributed by atoms with Gasteiger partial charge >= 0.3 is 5.97 Å². The summed E-state index contributed by atoms with van der Waals surface area (Å²) in [5.41, 5.74) is 2.14. The molecule has 0 aliphatic heterocycles. The van der Waals surface area contributed by atoms with Gasteiger partial charge in [-0.3, -0.25) is 0 Å². The van der Waals surface area contributed by atoms with Crippen LogP contribution in [-0.4, -0.2) is 27.3 Å². The molecular formula is C17H21N3O2. The van der Waals surface area contributed by atoms with Crippen LogP contribution in [0, 0.1) is 12.8 Å². The highest BCUT2D eigenvalue weighted by atomic mass is 16.5. The molecule has 3 rings (SSSR count). The van der Waals surface area contributed by atoms with Crippen LogP contribution in [0.25, 0.3) is 5.69 Å². The molecule has 1 aromatic carbocycles. The van der Waals surface area contributed by atoms with E-state index in [0.29, 0.717) is 24.3 Å². The van der Waals surface area contributed by atoms with Crippen LogP contribution in [0.15, 0.2) is 24.3 Å². The quantitative estimate of drug-likeness (QED) is 0.795. The van der Waals surface area contributed by atoms with Crippen LogP contribution < -0.4 is 0 Å². The molecule has 0 N–H and O–H groups in total. The zero-order valence-electron chi connectivity index (χ0n) is 13.2. The van der Waals surface area contributed by atoms with Gasteiger partial charge in [0.2, 0.25) is 0 Å². The Kier molecular flexibility index (Phi) is 3.96. The number of aromatic nitrogens is 3. The summed E-state index contributed by atoms with van der Waals surface area (Å²) in [5.74, 6) is 1.29. The van der Waals surface area contributed by atoms with Gasteiger partial charge in [-0.1, -0.05) is 32.0 Å². The normalized spacial score (nSPS) is 14.4. The van der Waals surface area contributed by atoms with E-state index >= 15 is 0 Å². The first kappa shape index (κ1) is 14.8. The Morgan fingerprint density at radius 2 is 2.09 bits per heavy atom. The molecule has 0 bridgehead atoms. The molecule has 0 amide bonds. The molecule has 1 aliphatic carbocycles. The lowest BCUT2D eigenvalue weighted by molar-refractivity contribution is 0.0472. The van der Waals surface area contributed by atoms with Gasteiger partial charge < -0.3 is 4.74 Å². The van der Waals surface area contributed by atoms with Crippen molar-refractivity contribution in [1.82, 2.24) is 14.8 Å². The number of ether oxygens (including phenoxy) is 1. The van der Waals surface area contributed by atoms with Crippen LogP contribution in [0.4, 0.5) is 0 Å². The summed E-state index contributed by atoms with van der Waals surface area (Å²) < 4.78 is 6.98. The molecule has 0 saturated heterocycles. The highest BCUT2D eigenvalue weighted by molar-refractivity contribution is 5.85. The molecule has 5 nitrogen and oxygen atoms in total. The van der Waals surface area contributed by atoms with E-state index in [1.807, 2.05) is 25.1 Å². The first-order valence-electron chi connectivity index (χ1n) is 7.76. The Bertz CT molecular complexity index is 687. The highest BCUT2D eigenvalue weighted by Crippen LogP contribution is 2.29. The van der Waals surface area contributed by atoms with Crippen molar-refractivity contribution in [1.29, 1.82) is 0 Å². The number of para-hydroxylation sites is 1. The van der Waals surface area contributed by atoms with E-state index in [1.54, 1.807) is 4.68 Å². The molecule has 5 heteroatoms. The monoisotopic (exact) mass is 299 g/mol. The predicted octanol–water partition coefficient (Wildman–Crippen LogP) is 3.27. The molecule has 22 heavy (non-hydrogen) atoms. The van der Waals surface area contributed by atoms with Crippen LogP contribution in [0.2, 0.25) is 0 Å². The van der Waals surface area contributed by atoms with Gasteiger partial charge in [0, 0.05) is 0 Å². The number of carbonyl (C=O) groups is 1. The fraction of sp³-hybridized carbons (Fsp3) is 0.471. The van der Waals surface area contributed by atoms with Crippen LogP contribution in [0.1, 0.15) is 54.6 Å². The van der Waals surface area contributed by atoms with Crippen LogP contribution in [-0.2, 0) is 4.74 Å². The summed E-state index contributed by atoms with van der Waals surface area (Å²) in [6.45, 7) is 6.60. The van der Waals surface area contributed by atoms with Crippen molar-refractivity contribution < 1.29 is 9.53 Å². The molecule has 0 atom stereocenters. The molecule has 1 heterocycles. The summed E-state index contributed by atoms with van der Waals surface area (Å²) in [4.78, 5) is 16.3. The van der Waals surface area contributed by atoms with E-state index in [4.69, 9.17) is 4.74 Å². The van der Waals surface area contributed by atoms with E-state index in [2.05, 4.69) is 30.0 Å². The third-order valence-corrected chi connectivity index (χ3v) is 3.89. The van der Waals surface area contributed by atoms with Crippen molar-refractivity contribution in [3.05, 3.63) is 41.5 Å². The standard InChI is InChI=1S/C17H21N3O2/c1-11(2)14-6-4-5-7-15(14)20-12(3)18-16(19-20)17(21)22-10-13-8-9-13/h4-7,11,13H,8-10H2,1-3H3. The lowest BCUT2D eigenvalue weighted by Gasteiger charge is -2.12. The van der Waals surface area contributed by atoms with Gasteiger partial charge in [-0.05, 0) is 43.2 Å². The average Bonchev–Trinajstić information content (AvgIpc) is 3.25. The Labute approximate surface area is 130 Å². The van der Waals surface area contributed by atoms with Crippen molar-refractivity contribution >= 4 is 5.97 Å². The maximum Gasteiger partial charge on any atom is 0.378 e. The predicted molar refractivity (Wildman–Crippen MR) is 83.2 cm³/mol. The second-order valence-electron chi connectivity index (χ2n) is 6.15. The summed E-state index contributed by atoms with van der Waals surface area (Å²) in [6.07, 6.45) is 2.30. The molecule has 0 unspecified atom stereocenters. The van der Waals surface area contributed by atoms with Crippen molar-refractivity contribution in [3.8, 4) is 5.69 Å². The number of nitrogens with zero attached hydrogens (tertiary/aromatic N) is 3. The largest absolute Gasteiger partial charge is 0.459 e. The Morgan fingerprint density at radius 3 is 2.77 bits per heavy atom. The van der Waals surface area contributed by atoms with E-state index in [1.165, 1.54) is 5.56 Å². The van der Waals surface area contributed by atoms with Gasteiger partial charge in [0.05, 0.1) is 12.3 Å². The minimum atomic E-state index is -0.434. The molecule has 1 saturated carbocycles. The molecule has 0 spiro atoms. The molecule has 1 fully saturated rings. The third kappa shape index (κ3) is 3.03. The molecule has 1 aliphatic rings. The fourth-order valence-electron chi connectivity index (χ4n) is 2.42. The smallest absolute Gasteiger partial charge is 0.378 e. The van der Waals surface area contributed by atoms with Crippen molar-refractivity contribution in [2.24, 2.45) is 5.92 Å². The number of aryl methyl sites for hydroxylation is 1. The first-order valence-corrected chi connectivity index (χ1v) is 7.76. The Hall–Kier alpha value is -2.17. The topological polar surface area (TPSA) is 57.0 Å². The molecular weight excluding hydrogens is 278 g/mol. The van der Waals surface area contributed by atoms with E-state index in [9.17, 15) is 4.79 Å². The van der Waals surface area contributed by atoms with Crippen molar-refractivity contribution in [2.45, 2.75) is 39.5 Å². The Balaban J connectivity index is 1.87. The van der Waals surface area contributed by atoms with Crippen molar-refractivity contribution in [2.75, 3.05) is 6.61 Å². The summed E-state index contributed by atoms with van der Waals surface area (Å²) in [5, 5.41) is 4.35. The number of rotatable bonds is 5. The maximum atomic E-state index is 12.0. The molecule has 0 radical (unpaired) electrons. The van der Waals surface area contributed by atoms with Gasteiger partial charge in [0.1, 0.15) is 5.82 Å². The Morgan fingerprint density at radius 1 is 1.36 bits per heavy atom. The van der Waals surface area contributed by atoms with Gasteiger partial charge in [0.15, 0.2) is 0 Å². The second-order valence-corrected chi connectivity index (χ2v) is 6.15. The van der Waals surface area contributed by atoms with E-state index in [-0.39, 0.29) is 5.82 Å². The number of esters is 1. The lowest BCUT2D eigenvalue weighted by atomic mass is 10.0. The summed E-state index contributed by atoms with van der Waals surface area (Å²) >= 11 is 0. The summed E-state index contributed by atoms with van der Waals surface area (Å²) in [6, 6.07) is 8.05. The van der Waals surface area contributed by atoms with E-state index < -0.39 is 5.97 Å². The minimum absolute atomic E-state index is 0.136. The van der Waals surface area contributed by atoms with Crippen LogP contribution in [0.5, 0.6) is 0 Å². The van der Waals surface area contributed by atoms with Crippen LogP contribution >= 0.6 is 0 Å². The highest BCUT2D eigenvalue weighted by Gasteiger charge is 2.25. The average molecular weight is 299 g/mol. The zero-order chi connectivity index (χ0) is 15.7. The first-order chi connectivity index (χ1) is 10.6. The molecule has 2 aromatic rings.